The first-order valence-corrected chi connectivity index (χ1v) is 11.2. The number of halogens is 3. The monoisotopic (exact) mass is 480 g/mol. The molecule has 0 saturated carbocycles. The maximum atomic E-state index is 12.9. The van der Waals surface area contributed by atoms with Crippen molar-refractivity contribution < 1.29 is 18.0 Å². The standard InChI is InChI=1S/C25H19F3N4OS/c1-16(23(33)29-20-14-8-13-19(15-20)25(26,27)28)34-24-30-21(17-9-4-2-5-10-17)22(31-32-24)18-11-6-3-7-12-18/h2-16H,1H3,(H,29,33). The van der Waals surface area contributed by atoms with E-state index in [0.717, 1.165) is 35.0 Å². The van der Waals surface area contributed by atoms with E-state index in [0.29, 0.717) is 11.4 Å². The molecule has 1 N–H and O–H groups in total. The van der Waals surface area contributed by atoms with E-state index in [1.54, 1.807) is 6.92 Å². The van der Waals surface area contributed by atoms with Crippen molar-refractivity contribution >= 4 is 23.4 Å². The summed E-state index contributed by atoms with van der Waals surface area (Å²) in [6, 6.07) is 23.5. The summed E-state index contributed by atoms with van der Waals surface area (Å²) < 4.78 is 38.8. The zero-order valence-electron chi connectivity index (χ0n) is 18.0. The Balaban J connectivity index is 1.56. The molecule has 0 saturated heterocycles. The summed E-state index contributed by atoms with van der Waals surface area (Å²) in [6.45, 7) is 1.63. The number of anilines is 1. The molecule has 0 fully saturated rings. The molecule has 1 aromatic heterocycles. The molecule has 3 aromatic carbocycles. The Hall–Kier alpha value is -3.72. The molecular formula is C25H19F3N4OS. The van der Waals surface area contributed by atoms with Gasteiger partial charge in [0.15, 0.2) is 0 Å². The molecule has 0 bridgehead atoms. The van der Waals surface area contributed by atoms with E-state index in [4.69, 9.17) is 0 Å². The van der Waals surface area contributed by atoms with Gasteiger partial charge >= 0.3 is 6.18 Å². The molecule has 5 nitrogen and oxygen atoms in total. The Morgan fingerprint density at radius 3 is 2.09 bits per heavy atom. The number of rotatable bonds is 6. The second-order valence-corrected chi connectivity index (χ2v) is 8.66. The van der Waals surface area contributed by atoms with Gasteiger partial charge < -0.3 is 5.32 Å². The molecule has 172 valence electrons. The number of alkyl halides is 3. The second-order valence-electron chi connectivity index (χ2n) is 7.35. The van der Waals surface area contributed by atoms with E-state index in [2.05, 4.69) is 20.5 Å². The van der Waals surface area contributed by atoms with E-state index in [9.17, 15) is 18.0 Å². The van der Waals surface area contributed by atoms with E-state index in [1.807, 2.05) is 60.7 Å². The SMILES string of the molecule is CC(Sc1nnc(-c2ccccc2)c(-c2ccccc2)n1)C(=O)Nc1cccc(C(F)(F)F)c1. The summed E-state index contributed by atoms with van der Waals surface area (Å²) in [5, 5.41) is 10.7. The van der Waals surface area contributed by atoms with Crippen molar-refractivity contribution in [2.75, 3.05) is 5.32 Å². The Kier molecular flexibility index (Phi) is 6.93. The van der Waals surface area contributed by atoms with Crippen LogP contribution in [0.1, 0.15) is 12.5 Å². The molecule has 34 heavy (non-hydrogen) atoms. The molecular weight excluding hydrogens is 461 g/mol. The fraction of sp³-hybridized carbons (Fsp3) is 0.120. The number of hydrogen-bond acceptors (Lipinski definition) is 5. The summed E-state index contributed by atoms with van der Waals surface area (Å²) in [5.41, 5.74) is 2.16. The van der Waals surface area contributed by atoms with Gasteiger partial charge in [-0.15, -0.1) is 10.2 Å². The van der Waals surface area contributed by atoms with Crippen LogP contribution < -0.4 is 5.32 Å². The van der Waals surface area contributed by atoms with Crippen molar-refractivity contribution in [2.24, 2.45) is 0 Å². The molecule has 1 heterocycles. The molecule has 0 aliphatic carbocycles. The molecule has 0 aliphatic heterocycles. The minimum atomic E-state index is -4.49. The zero-order chi connectivity index (χ0) is 24.1. The Morgan fingerprint density at radius 1 is 0.853 bits per heavy atom. The van der Waals surface area contributed by atoms with Gasteiger partial charge in [0.1, 0.15) is 11.4 Å². The molecule has 1 atom stereocenters. The van der Waals surface area contributed by atoms with Crippen molar-refractivity contribution in [3.05, 3.63) is 90.5 Å². The third kappa shape index (κ3) is 5.60. The van der Waals surface area contributed by atoms with Crippen LogP contribution in [0.5, 0.6) is 0 Å². The van der Waals surface area contributed by atoms with Gasteiger partial charge in [0.05, 0.1) is 10.8 Å². The average Bonchev–Trinajstić information content (AvgIpc) is 2.84. The lowest BCUT2D eigenvalue weighted by Gasteiger charge is -2.14. The number of amides is 1. The van der Waals surface area contributed by atoms with Gasteiger partial charge in [-0.1, -0.05) is 78.5 Å². The summed E-state index contributed by atoms with van der Waals surface area (Å²) in [4.78, 5) is 17.3. The van der Waals surface area contributed by atoms with Crippen LogP contribution in [0.15, 0.2) is 90.1 Å². The number of nitrogens with zero attached hydrogens (tertiary/aromatic N) is 3. The first kappa shape index (κ1) is 23.4. The van der Waals surface area contributed by atoms with Crippen LogP contribution in [0.3, 0.4) is 0 Å². The van der Waals surface area contributed by atoms with Gasteiger partial charge in [0, 0.05) is 16.8 Å². The van der Waals surface area contributed by atoms with Crippen LogP contribution in [-0.2, 0) is 11.0 Å². The Morgan fingerprint density at radius 2 is 1.47 bits per heavy atom. The molecule has 0 radical (unpaired) electrons. The minimum absolute atomic E-state index is 0.0655. The van der Waals surface area contributed by atoms with E-state index < -0.39 is 22.9 Å². The van der Waals surface area contributed by atoms with Crippen LogP contribution in [-0.4, -0.2) is 26.3 Å². The number of thioether (sulfide) groups is 1. The molecule has 1 amide bonds. The molecule has 0 aliphatic rings. The number of benzene rings is 3. The summed E-state index contributed by atoms with van der Waals surface area (Å²) in [6.07, 6.45) is -4.49. The van der Waals surface area contributed by atoms with Crippen LogP contribution >= 0.6 is 11.8 Å². The lowest BCUT2D eigenvalue weighted by Crippen LogP contribution is -2.23. The van der Waals surface area contributed by atoms with Crippen molar-refractivity contribution in [3.8, 4) is 22.5 Å². The number of hydrogen-bond donors (Lipinski definition) is 1. The molecule has 1 unspecified atom stereocenters. The molecule has 4 rings (SSSR count). The first-order valence-electron chi connectivity index (χ1n) is 10.3. The summed E-state index contributed by atoms with van der Waals surface area (Å²) in [5.74, 6) is -0.471. The highest BCUT2D eigenvalue weighted by Gasteiger charge is 2.30. The number of carbonyl (C=O) groups is 1. The molecule has 0 spiro atoms. The van der Waals surface area contributed by atoms with Crippen molar-refractivity contribution in [2.45, 2.75) is 23.5 Å². The van der Waals surface area contributed by atoms with Gasteiger partial charge in [-0.05, 0) is 25.1 Å². The molecule has 4 aromatic rings. The number of carbonyl (C=O) groups excluding carboxylic acids is 1. The smallest absolute Gasteiger partial charge is 0.325 e. The van der Waals surface area contributed by atoms with E-state index in [1.165, 1.54) is 12.1 Å². The predicted molar refractivity (Wildman–Crippen MR) is 126 cm³/mol. The number of aromatic nitrogens is 3. The fourth-order valence-corrected chi connectivity index (χ4v) is 3.89. The highest BCUT2D eigenvalue weighted by Crippen LogP contribution is 2.32. The third-order valence-electron chi connectivity index (χ3n) is 4.87. The van der Waals surface area contributed by atoms with Gasteiger partial charge in [-0.3, -0.25) is 4.79 Å². The zero-order valence-corrected chi connectivity index (χ0v) is 18.8. The van der Waals surface area contributed by atoms with Crippen LogP contribution in [0.2, 0.25) is 0 Å². The summed E-state index contributed by atoms with van der Waals surface area (Å²) in [7, 11) is 0. The maximum Gasteiger partial charge on any atom is 0.416 e. The normalized spacial score (nSPS) is 12.2. The first-order chi connectivity index (χ1) is 16.3. The van der Waals surface area contributed by atoms with Crippen molar-refractivity contribution in [1.82, 2.24) is 15.2 Å². The third-order valence-corrected chi connectivity index (χ3v) is 5.82. The summed E-state index contributed by atoms with van der Waals surface area (Å²) >= 11 is 1.07. The quantitative estimate of drug-likeness (QED) is 0.326. The lowest BCUT2D eigenvalue weighted by atomic mass is 10.0. The Labute approximate surface area is 198 Å². The highest BCUT2D eigenvalue weighted by molar-refractivity contribution is 8.00. The van der Waals surface area contributed by atoms with Gasteiger partial charge in [0.25, 0.3) is 0 Å². The predicted octanol–water partition coefficient (Wildman–Crippen LogP) is 6.34. The van der Waals surface area contributed by atoms with Crippen LogP contribution in [0.25, 0.3) is 22.5 Å². The second kappa shape index (κ2) is 10.0. The van der Waals surface area contributed by atoms with Crippen LogP contribution in [0.4, 0.5) is 18.9 Å². The van der Waals surface area contributed by atoms with Gasteiger partial charge in [-0.25, -0.2) is 4.98 Å². The highest BCUT2D eigenvalue weighted by atomic mass is 32.2. The lowest BCUT2D eigenvalue weighted by molar-refractivity contribution is -0.137. The van der Waals surface area contributed by atoms with Crippen molar-refractivity contribution in [1.29, 1.82) is 0 Å². The fourth-order valence-electron chi connectivity index (χ4n) is 3.18. The maximum absolute atomic E-state index is 12.9. The molecule has 9 heteroatoms. The minimum Gasteiger partial charge on any atom is -0.325 e. The van der Waals surface area contributed by atoms with E-state index in [-0.39, 0.29) is 10.8 Å². The van der Waals surface area contributed by atoms with E-state index >= 15 is 0 Å². The topological polar surface area (TPSA) is 67.8 Å². The van der Waals surface area contributed by atoms with Crippen molar-refractivity contribution in [3.63, 3.8) is 0 Å². The van der Waals surface area contributed by atoms with Crippen LogP contribution in [0, 0.1) is 0 Å². The van der Waals surface area contributed by atoms with Gasteiger partial charge in [0.2, 0.25) is 11.1 Å². The average molecular weight is 481 g/mol. The largest absolute Gasteiger partial charge is 0.416 e. The van der Waals surface area contributed by atoms with Gasteiger partial charge in [-0.2, -0.15) is 13.2 Å². The Bertz CT molecular complexity index is 1280. The number of nitrogens with one attached hydrogen (secondary N) is 1.